The van der Waals surface area contributed by atoms with Crippen molar-refractivity contribution in [3.63, 3.8) is 0 Å². The molecule has 0 saturated carbocycles. The zero-order chi connectivity index (χ0) is 13.1. The quantitative estimate of drug-likeness (QED) is 0.859. The number of thiazole rings is 1. The molecule has 0 aliphatic carbocycles. The van der Waals surface area contributed by atoms with Gasteiger partial charge in [-0.25, -0.2) is 9.78 Å². The maximum Gasteiger partial charge on any atom is 0.355 e. The van der Waals surface area contributed by atoms with E-state index >= 15 is 0 Å². The summed E-state index contributed by atoms with van der Waals surface area (Å²) in [5, 5.41) is 11.7. The van der Waals surface area contributed by atoms with Crippen molar-refractivity contribution >= 4 is 29.1 Å². The van der Waals surface area contributed by atoms with Crippen LogP contribution in [0.3, 0.4) is 0 Å². The zero-order valence-electron chi connectivity index (χ0n) is 10.1. The third-order valence-corrected chi connectivity index (χ3v) is 4.10. The summed E-state index contributed by atoms with van der Waals surface area (Å²) in [5.41, 5.74) is 1.07. The summed E-state index contributed by atoms with van der Waals surface area (Å²) >= 11 is 3.15. The zero-order valence-corrected chi connectivity index (χ0v) is 11.7. The van der Waals surface area contributed by atoms with Gasteiger partial charge in [0.15, 0.2) is 5.69 Å². The first-order valence-corrected chi connectivity index (χ1v) is 7.28. The highest BCUT2D eigenvalue weighted by atomic mass is 32.2. The van der Waals surface area contributed by atoms with Crippen molar-refractivity contribution in [2.24, 2.45) is 0 Å². The van der Waals surface area contributed by atoms with Crippen LogP contribution in [0, 0.1) is 0 Å². The Morgan fingerprint density at radius 2 is 2.00 bits per heavy atom. The largest absolute Gasteiger partial charge is 0.476 e. The Balaban J connectivity index is 2.20. The first kappa shape index (κ1) is 13.1. The molecule has 2 rings (SSSR count). The molecule has 0 unspecified atom stereocenters. The van der Waals surface area contributed by atoms with Crippen molar-refractivity contribution in [3.05, 3.63) is 35.3 Å². The highest BCUT2D eigenvalue weighted by molar-refractivity contribution is 7.99. The lowest BCUT2D eigenvalue weighted by atomic mass is 10.2. The Bertz CT molecular complexity index is 546. The van der Waals surface area contributed by atoms with Crippen LogP contribution >= 0.6 is 23.1 Å². The van der Waals surface area contributed by atoms with Gasteiger partial charge in [-0.2, -0.15) is 0 Å². The van der Waals surface area contributed by atoms with E-state index in [4.69, 9.17) is 5.11 Å². The van der Waals surface area contributed by atoms with E-state index in [-0.39, 0.29) is 5.69 Å². The molecule has 2 aromatic rings. The number of carboxylic acid groups (broad SMARTS) is 1. The lowest BCUT2D eigenvalue weighted by molar-refractivity contribution is 0.0691. The second-order valence-corrected chi connectivity index (χ2v) is 6.54. The average Bonchev–Trinajstić information content (AvgIpc) is 2.78. The second-order valence-electron chi connectivity index (χ2n) is 4.03. The first-order valence-electron chi connectivity index (χ1n) is 5.52. The molecule has 0 aliphatic rings. The van der Waals surface area contributed by atoms with Gasteiger partial charge in [0.25, 0.3) is 0 Å². The van der Waals surface area contributed by atoms with E-state index in [0.717, 1.165) is 10.6 Å². The van der Waals surface area contributed by atoms with Gasteiger partial charge in [0.05, 0.1) is 0 Å². The van der Waals surface area contributed by atoms with Crippen LogP contribution < -0.4 is 0 Å². The molecule has 0 fully saturated rings. The van der Waals surface area contributed by atoms with E-state index < -0.39 is 5.97 Å². The molecule has 0 amide bonds. The summed E-state index contributed by atoms with van der Waals surface area (Å²) in [6.45, 7) is 4.30. The molecule has 0 radical (unpaired) electrons. The molecule has 0 saturated heterocycles. The predicted octanol–water partition coefficient (Wildman–Crippen LogP) is 4.01. The number of aromatic nitrogens is 1. The van der Waals surface area contributed by atoms with E-state index in [0.29, 0.717) is 5.25 Å². The number of hydrogen-bond acceptors (Lipinski definition) is 4. The second kappa shape index (κ2) is 5.54. The van der Waals surface area contributed by atoms with Gasteiger partial charge in [-0.15, -0.1) is 23.1 Å². The molecule has 18 heavy (non-hydrogen) atoms. The predicted molar refractivity (Wildman–Crippen MR) is 75.5 cm³/mol. The molecule has 0 spiro atoms. The third kappa shape index (κ3) is 3.11. The standard InChI is InChI=1S/C13H13NO2S2/c1-8(2)18-10-5-3-9(4-6-10)12-14-11(7-17-12)13(15)16/h3-8H,1-2H3,(H,15,16). The minimum Gasteiger partial charge on any atom is -0.476 e. The maximum absolute atomic E-state index is 10.8. The topological polar surface area (TPSA) is 50.2 Å². The number of benzene rings is 1. The van der Waals surface area contributed by atoms with Gasteiger partial charge >= 0.3 is 5.97 Å². The van der Waals surface area contributed by atoms with Crippen LogP contribution in [0.2, 0.25) is 0 Å². The average molecular weight is 279 g/mol. The Hall–Kier alpha value is -1.33. The number of carboxylic acids is 1. The molecule has 94 valence electrons. The Kier molecular flexibility index (Phi) is 4.04. The summed E-state index contributed by atoms with van der Waals surface area (Å²) in [6, 6.07) is 8.05. The molecule has 1 heterocycles. The monoisotopic (exact) mass is 279 g/mol. The molecule has 0 atom stereocenters. The van der Waals surface area contributed by atoms with E-state index in [1.54, 1.807) is 17.1 Å². The smallest absolute Gasteiger partial charge is 0.355 e. The van der Waals surface area contributed by atoms with Gasteiger partial charge in [-0.3, -0.25) is 0 Å². The number of carbonyl (C=O) groups is 1. The molecule has 1 aromatic carbocycles. The number of nitrogens with zero attached hydrogens (tertiary/aromatic N) is 1. The molecule has 0 bridgehead atoms. The normalized spacial score (nSPS) is 10.8. The Morgan fingerprint density at radius 3 is 2.50 bits per heavy atom. The van der Waals surface area contributed by atoms with Crippen LogP contribution in [-0.2, 0) is 0 Å². The number of aromatic carboxylic acids is 1. The molecular formula is C13H13NO2S2. The Morgan fingerprint density at radius 1 is 1.33 bits per heavy atom. The van der Waals surface area contributed by atoms with Gasteiger partial charge in [0.1, 0.15) is 5.01 Å². The molecule has 1 N–H and O–H groups in total. The summed E-state index contributed by atoms with van der Waals surface area (Å²) in [6.07, 6.45) is 0. The van der Waals surface area contributed by atoms with Crippen molar-refractivity contribution < 1.29 is 9.90 Å². The van der Waals surface area contributed by atoms with Crippen LogP contribution in [-0.4, -0.2) is 21.3 Å². The molecule has 0 aliphatic heterocycles. The summed E-state index contributed by atoms with van der Waals surface area (Å²) < 4.78 is 0. The van der Waals surface area contributed by atoms with Crippen molar-refractivity contribution in [2.45, 2.75) is 24.0 Å². The minimum atomic E-state index is -0.982. The van der Waals surface area contributed by atoms with Crippen molar-refractivity contribution in [1.82, 2.24) is 4.98 Å². The lowest BCUT2D eigenvalue weighted by Crippen LogP contribution is -1.95. The van der Waals surface area contributed by atoms with Gasteiger partial charge in [-0.1, -0.05) is 26.0 Å². The third-order valence-electron chi connectivity index (χ3n) is 2.20. The fourth-order valence-electron chi connectivity index (χ4n) is 1.45. The van der Waals surface area contributed by atoms with Gasteiger partial charge < -0.3 is 5.11 Å². The first-order chi connectivity index (χ1) is 8.56. The SMILES string of the molecule is CC(C)Sc1ccc(-c2nc(C(=O)O)cs2)cc1. The van der Waals surface area contributed by atoms with Crippen LogP contribution in [0.15, 0.2) is 34.5 Å². The van der Waals surface area contributed by atoms with Crippen molar-refractivity contribution in [3.8, 4) is 10.6 Å². The summed E-state index contributed by atoms with van der Waals surface area (Å²) in [4.78, 5) is 16.1. The van der Waals surface area contributed by atoms with E-state index in [2.05, 4.69) is 18.8 Å². The van der Waals surface area contributed by atoms with Gasteiger partial charge in [-0.05, 0) is 12.1 Å². The van der Waals surface area contributed by atoms with Crippen LogP contribution in [0.25, 0.3) is 10.6 Å². The summed E-state index contributed by atoms with van der Waals surface area (Å²) in [7, 11) is 0. The molecular weight excluding hydrogens is 266 g/mol. The fraction of sp³-hybridized carbons (Fsp3) is 0.231. The number of rotatable bonds is 4. The molecule has 1 aromatic heterocycles. The highest BCUT2D eigenvalue weighted by Gasteiger charge is 2.10. The van der Waals surface area contributed by atoms with Gasteiger partial charge in [0.2, 0.25) is 0 Å². The number of hydrogen-bond donors (Lipinski definition) is 1. The van der Waals surface area contributed by atoms with Crippen LogP contribution in [0.5, 0.6) is 0 Å². The van der Waals surface area contributed by atoms with E-state index in [1.165, 1.54) is 16.2 Å². The highest BCUT2D eigenvalue weighted by Crippen LogP contribution is 2.28. The molecule has 3 nitrogen and oxygen atoms in total. The molecule has 5 heteroatoms. The lowest BCUT2D eigenvalue weighted by Gasteiger charge is -2.04. The summed E-state index contributed by atoms with van der Waals surface area (Å²) in [5.74, 6) is -0.982. The maximum atomic E-state index is 10.8. The minimum absolute atomic E-state index is 0.107. The Labute approximate surface area is 114 Å². The van der Waals surface area contributed by atoms with Crippen LogP contribution in [0.1, 0.15) is 24.3 Å². The van der Waals surface area contributed by atoms with Gasteiger partial charge in [0, 0.05) is 21.1 Å². The van der Waals surface area contributed by atoms with Crippen molar-refractivity contribution in [2.75, 3.05) is 0 Å². The van der Waals surface area contributed by atoms with Crippen molar-refractivity contribution in [1.29, 1.82) is 0 Å². The fourth-order valence-corrected chi connectivity index (χ4v) is 3.09. The van der Waals surface area contributed by atoms with E-state index in [9.17, 15) is 4.79 Å². The van der Waals surface area contributed by atoms with E-state index in [1.807, 2.05) is 24.3 Å². The van der Waals surface area contributed by atoms with Crippen LogP contribution in [0.4, 0.5) is 0 Å². The number of thioether (sulfide) groups is 1.